The number of carbonyl (C=O) groups excluding carboxylic acids is 1. The predicted octanol–water partition coefficient (Wildman–Crippen LogP) is 4.26. The highest BCUT2D eigenvalue weighted by Crippen LogP contribution is 2.40. The van der Waals surface area contributed by atoms with Gasteiger partial charge in [0.15, 0.2) is 0 Å². The zero-order valence-electron chi connectivity index (χ0n) is 13.0. The topological polar surface area (TPSA) is 29.5 Å². The number of halogens is 1. The number of benzene rings is 1. The van der Waals surface area contributed by atoms with Gasteiger partial charge in [0.2, 0.25) is 5.91 Å². The van der Waals surface area contributed by atoms with Gasteiger partial charge in [-0.15, -0.1) is 0 Å². The molecule has 1 aromatic carbocycles. The van der Waals surface area contributed by atoms with Gasteiger partial charge in [-0.25, -0.2) is 0 Å². The van der Waals surface area contributed by atoms with Crippen LogP contribution in [-0.4, -0.2) is 29.5 Å². The van der Waals surface area contributed by atoms with Gasteiger partial charge in [0.25, 0.3) is 0 Å². The van der Waals surface area contributed by atoms with Crippen LogP contribution in [0.25, 0.3) is 5.57 Å². The molecule has 22 heavy (non-hydrogen) atoms. The number of piperidine rings is 1. The van der Waals surface area contributed by atoms with Crippen LogP contribution in [0.1, 0.15) is 44.6 Å². The second kappa shape index (κ2) is 6.33. The van der Waals surface area contributed by atoms with E-state index in [1.165, 1.54) is 5.57 Å². The molecule has 3 nitrogen and oxygen atoms in total. The normalized spacial score (nSPS) is 24.3. The smallest absolute Gasteiger partial charge is 0.222 e. The minimum absolute atomic E-state index is 0.237. The lowest BCUT2D eigenvalue weighted by Crippen LogP contribution is -2.50. The van der Waals surface area contributed by atoms with Crippen molar-refractivity contribution in [1.29, 1.82) is 0 Å². The first kappa shape index (κ1) is 15.4. The van der Waals surface area contributed by atoms with E-state index in [0.29, 0.717) is 13.0 Å². The molecule has 118 valence electrons. The summed E-state index contributed by atoms with van der Waals surface area (Å²) in [5.74, 6) is 0.251. The van der Waals surface area contributed by atoms with Crippen molar-refractivity contribution in [1.82, 2.24) is 4.90 Å². The molecule has 2 heterocycles. The highest BCUT2D eigenvalue weighted by atomic mass is 35.5. The van der Waals surface area contributed by atoms with Crippen LogP contribution in [0.2, 0.25) is 5.02 Å². The number of amides is 1. The number of nitrogens with zero attached hydrogens (tertiary/aromatic N) is 1. The Bertz CT molecular complexity index is 599. The molecule has 2 aliphatic rings. The molecule has 1 fully saturated rings. The average molecular weight is 320 g/mol. The Kier molecular flexibility index (Phi) is 4.44. The highest BCUT2D eigenvalue weighted by Gasteiger charge is 2.42. The molecule has 0 N–H and O–H groups in total. The van der Waals surface area contributed by atoms with Crippen LogP contribution in [0.15, 0.2) is 30.5 Å². The second-order valence-corrected chi connectivity index (χ2v) is 6.74. The first-order chi connectivity index (χ1) is 10.6. The van der Waals surface area contributed by atoms with Crippen molar-refractivity contribution >= 4 is 23.1 Å². The molecule has 4 heteroatoms. The van der Waals surface area contributed by atoms with Crippen molar-refractivity contribution in [3.05, 3.63) is 41.1 Å². The van der Waals surface area contributed by atoms with E-state index < -0.39 is 0 Å². The first-order valence-corrected chi connectivity index (χ1v) is 8.40. The van der Waals surface area contributed by atoms with Gasteiger partial charge in [-0.05, 0) is 42.5 Å². The molecule has 3 rings (SSSR count). The quantitative estimate of drug-likeness (QED) is 0.833. The fourth-order valence-electron chi connectivity index (χ4n) is 3.41. The number of hydrogen-bond donors (Lipinski definition) is 0. The molecule has 1 unspecified atom stereocenters. The Hall–Kier alpha value is -1.48. The SMILES string of the molecule is CCCC(=O)N1CCCC2(CC(c3cccc(Cl)c3)=CO2)C1. The van der Waals surface area contributed by atoms with E-state index in [4.69, 9.17) is 16.3 Å². The van der Waals surface area contributed by atoms with Crippen LogP contribution in [-0.2, 0) is 9.53 Å². The summed E-state index contributed by atoms with van der Waals surface area (Å²) >= 11 is 6.08. The van der Waals surface area contributed by atoms with Crippen molar-refractivity contribution in [2.45, 2.75) is 44.6 Å². The van der Waals surface area contributed by atoms with Gasteiger partial charge in [-0.1, -0.05) is 30.7 Å². The third-order valence-corrected chi connectivity index (χ3v) is 4.75. The van der Waals surface area contributed by atoms with Crippen molar-refractivity contribution in [2.75, 3.05) is 13.1 Å². The summed E-state index contributed by atoms with van der Waals surface area (Å²) in [4.78, 5) is 14.1. The van der Waals surface area contributed by atoms with Gasteiger partial charge >= 0.3 is 0 Å². The molecular formula is C18H22ClNO2. The molecular weight excluding hydrogens is 298 g/mol. The fourth-order valence-corrected chi connectivity index (χ4v) is 3.60. The van der Waals surface area contributed by atoms with Gasteiger partial charge in [-0.3, -0.25) is 4.79 Å². The summed E-state index contributed by atoms with van der Waals surface area (Å²) in [5.41, 5.74) is 2.05. The van der Waals surface area contributed by atoms with Crippen molar-refractivity contribution in [3.63, 3.8) is 0 Å². The van der Waals surface area contributed by atoms with Crippen LogP contribution in [0.4, 0.5) is 0 Å². The van der Waals surface area contributed by atoms with Gasteiger partial charge in [0.1, 0.15) is 5.60 Å². The first-order valence-electron chi connectivity index (χ1n) is 8.02. The van der Waals surface area contributed by atoms with Gasteiger partial charge in [0.05, 0.1) is 12.8 Å². The molecule has 1 aromatic rings. The van der Waals surface area contributed by atoms with Gasteiger partial charge in [0, 0.05) is 24.4 Å². The van der Waals surface area contributed by atoms with Crippen LogP contribution in [0.3, 0.4) is 0 Å². The minimum atomic E-state index is -0.237. The van der Waals surface area contributed by atoms with E-state index >= 15 is 0 Å². The summed E-state index contributed by atoms with van der Waals surface area (Å²) in [6, 6.07) is 7.87. The Morgan fingerprint density at radius 1 is 1.45 bits per heavy atom. The monoisotopic (exact) mass is 319 g/mol. The second-order valence-electron chi connectivity index (χ2n) is 6.30. The molecule has 1 saturated heterocycles. The van der Waals surface area contributed by atoms with Gasteiger partial charge < -0.3 is 9.64 Å². The maximum Gasteiger partial charge on any atom is 0.222 e. The van der Waals surface area contributed by atoms with E-state index in [2.05, 4.69) is 6.07 Å². The molecule has 1 spiro atoms. The largest absolute Gasteiger partial charge is 0.492 e. The van der Waals surface area contributed by atoms with Crippen molar-refractivity contribution < 1.29 is 9.53 Å². The van der Waals surface area contributed by atoms with Crippen LogP contribution in [0, 0.1) is 0 Å². The Labute approximate surface area is 136 Å². The molecule has 0 bridgehead atoms. The number of likely N-dealkylation sites (tertiary alicyclic amines) is 1. The lowest BCUT2D eigenvalue weighted by Gasteiger charge is -2.39. The lowest BCUT2D eigenvalue weighted by atomic mass is 9.86. The zero-order valence-corrected chi connectivity index (χ0v) is 13.7. The number of carbonyl (C=O) groups is 1. The Balaban J connectivity index is 1.70. The molecule has 2 aliphatic heterocycles. The maximum absolute atomic E-state index is 12.2. The average Bonchev–Trinajstić information content (AvgIpc) is 2.91. The standard InChI is InChI=1S/C18H22ClNO2/c1-2-5-17(21)20-9-4-8-18(13-20)11-15(12-22-18)14-6-3-7-16(19)10-14/h3,6-7,10,12H,2,4-5,8-9,11,13H2,1H3. The van der Waals surface area contributed by atoms with Crippen molar-refractivity contribution in [3.8, 4) is 0 Å². The number of ether oxygens (including phenoxy) is 1. The summed E-state index contributed by atoms with van der Waals surface area (Å²) in [5, 5.41) is 0.739. The van der Waals surface area contributed by atoms with E-state index in [1.807, 2.05) is 36.3 Å². The zero-order chi connectivity index (χ0) is 15.6. The molecule has 1 atom stereocenters. The molecule has 0 aromatic heterocycles. The third-order valence-electron chi connectivity index (χ3n) is 4.52. The van der Waals surface area contributed by atoms with Crippen LogP contribution >= 0.6 is 11.6 Å². The Morgan fingerprint density at radius 2 is 2.32 bits per heavy atom. The van der Waals surface area contributed by atoms with Crippen molar-refractivity contribution in [2.24, 2.45) is 0 Å². The summed E-state index contributed by atoms with van der Waals surface area (Å²) in [7, 11) is 0. The maximum atomic E-state index is 12.2. The van der Waals surface area contributed by atoms with E-state index in [-0.39, 0.29) is 11.5 Å². The minimum Gasteiger partial charge on any atom is -0.492 e. The van der Waals surface area contributed by atoms with E-state index in [1.54, 1.807) is 0 Å². The summed E-state index contributed by atoms with van der Waals surface area (Å²) in [6.45, 7) is 3.60. The summed E-state index contributed by atoms with van der Waals surface area (Å²) in [6.07, 6.45) is 6.25. The van der Waals surface area contributed by atoms with E-state index in [9.17, 15) is 4.79 Å². The Morgan fingerprint density at radius 3 is 3.09 bits per heavy atom. The highest BCUT2D eigenvalue weighted by molar-refractivity contribution is 6.30. The van der Waals surface area contributed by atoms with Crippen LogP contribution < -0.4 is 0 Å². The molecule has 0 radical (unpaired) electrons. The summed E-state index contributed by atoms with van der Waals surface area (Å²) < 4.78 is 6.05. The predicted molar refractivity (Wildman–Crippen MR) is 88.6 cm³/mol. The fraction of sp³-hybridized carbons (Fsp3) is 0.500. The van der Waals surface area contributed by atoms with Gasteiger partial charge in [-0.2, -0.15) is 0 Å². The number of rotatable bonds is 3. The number of hydrogen-bond acceptors (Lipinski definition) is 2. The molecule has 1 amide bonds. The molecule has 0 aliphatic carbocycles. The third kappa shape index (κ3) is 3.14. The lowest BCUT2D eigenvalue weighted by molar-refractivity contribution is -0.137. The van der Waals surface area contributed by atoms with Crippen LogP contribution in [0.5, 0.6) is 0 Å². The van der Waals surface area contributed by atoms with E-state index in [0.717, 1.165) is 42.8 Å². The molecule has 0 saturated carbocycles.